The molecule has 0 radical (unpaired) electrons. The van der Waals surface area contributed by atoms with Gasteiger partial charge in [0.05, 0.1) is 6.61 Å². The molecule has 0 amide bonds. The van der Waals surface area contributed by atoms with Crippen LogP contribution in [-0.4, -0.2) is 13.2 Å². The molecular formula is C12H18O. The highest BCUT2D eigenvalue weighted by Gasteiger charge is 2.47. The van der Waals surface area contributed by atoms with Crippen molar-refractivity contribution >= 4 is 0 Å². The molecule has 0 aromatic carbocycles. The second-order valence-electron chi connectivity index (χ2n) is 4.87. The molecule has 0 heterocycles. The molecule has 5 rings (SSSR count). The van der Waals surface area contributed by atoms with Gasteiger partial charge in [0, 0.05) is 6.61 Å². The van der Waals surface area contributed by atoms with E-state index in [1.807, 2.05) is 5.57 Å². The van der Waals surface area contributed by atoms with Gasteiger partial charge in [0.1, 0.15) is 0 Å². The molecule has 1 heteroatoms. The largest absolute Gasteiger partial charge is 0.377 e. The van der Waals surface area contributed by atoms with Gasteiger partial charge in [-0.1, -0.05) is 5.57 Å². The highest BCUT2D eigenvalue weighted by molar-refractivity contribution is 5.34. The first kappa shape index (κ1) is 8.05. The van der Waals surface area contributed by atoms with Gasteiger partial charge in [0.2, 0.25) is 0 Å². The van der Waals surface area contributed by atoms with Gasteiger partial charge in [-0.3, -0.25) is 0 Å². The molecule has 0 aliphatic heterocycles. The lowest BCUT2D eigenvalue weighted by Gasteiger charge is -2.54. The van der Waals surface area contributed by atoms with Crippen molar-refractivity contribution in [2.24, 2.45) is 17.8 Å². The average Bonchev–Trinajstić information content (AvgIpc) is 2.14. The van der Waals surface area contributed by atoms with E-state index in [1.54, 1.807) is 5.57 Å². The van der Waals surface area contributed by atoms with E-state index < -0.39 is 0 Å². The predicted octanol–water partition coefficient (Wildman–Crippen LogP) is 2.77. The summed E-state index contributed by atoms with van der Waals surface area (Å²) < 4.78 is 5.54. The number of fused-ring (bicyclic) bond motifs is 1. The van der Waals surface area contributed by atoms with Crippen LogP contribution in [0.4, 0.5) is 0 Å². The molecule has 0 aromatic rings. The zero-order valence-corrected chi connectivity index (χ0v) is 8.38. The van der Waals surface area contributed by atoms with Crippen LogP contribution in [0.2, 0.25) is 0 Å². The first-order valence-electron chi connectivity index (χ1n) is 5.68. The maximum atomic E-state index is 5.54. The van der Waals surface area contributed by atoms with Crippen molar-refractivity contribution in [3.8, 4) is 0 Å². The number of hydrogen-bond donors (Lipinski definition) is 0. The third kappa shape index (κ3) is 1.10. The zero-order valence-electron chi connectivity index (χ0n) is 8.38. The second-order valence-corrected chi connectivity index (χ2v) is 4.87. The normalized spacial score (nSPS) is 40.8. The van der Waals surface area contributed by atoms with E-state index in [9.17, 15) is 0 Å². The van der Waals surface area contributed by atoms with E-state index >= 15 is 0 Å². The number of rotatable bonds is 3. The Morgan fingerprint density at radius 3 is 2.62 bits per heavy atom. The van der Waals surface area contributed by atoms with Crippen molar-refractivity contribution < 1.29 is 4.74 Å². The summed E-state index contributed by atoms with van der Waals surface area (Å²) >= 11 is 0. The van der Waals surface area contributed by atoms with Crippen molar-refractivity contribution in [2.75, 3.05) is 13.2 Å². The molecule has 0 aromatic heterocycles. The van der Waals surface area contributed by atoms with Gasteiger partial charge in [-0.25, -0.2) is 0 Å². The van der Waals surface area contributed by atoms with Gasteiger partial charge in [0.25, 0.3) is 0 Å². The van der Waals surface area contributed by atoms with Crippen LogP contribution in [0.25, 0.3) is 0 Å². The third-order valence-corrected chi connectivity index (χ3v) is 4.11. The summed E-state index contributed by atoms with van der Waals surface area (Å²) in [6.07, 6.45) is 5.87. The Morgan fingerprint density at radius 1 is 1.23 bits per heavy atom. The Hall–Kier alpha value is -0.300. The van der Waals surface area contributed by atoms with E-state index in [4.69, 9.17) is 4.74 Å². The van der Waals surface area contributed by atoms with E-state index in [2.05, 4.69) is 6.92 Å². The molecule has 0 saturated heterocycles. The van der Waals surface area contributed by atoms with E-state index in [1.165, 1.54) is 25.7 Å². The van der Waals surface area contributed by atoms with Gasteiger partial charge in [-0.05, 0) is 55.9 Å². The van der Waals surface area contributed by atoms with Crippen LogP contribution in [0.15, 0.2) is 11.1 Å². The van der Waals surface area contributed by atoms with Crippen molar-refractivity contribution in [1.29, 1.82) is 0 Å². The Balaban J connectivity index is 1.79. The Labute approximate surface area is 80.2 Å². The molecule has 4 bridgehead atoms. The summed E-state index contributed by atoms with van der Waals surface area (Å²) in [6.45, 7) is 3.90. The topological polar surface area (TPSA) is 9.23 Å². The molecule has 2 atom stereocenters. The number of hydrogen-bond acceptors (Lipinski definition) is 1. The first-order chi connectivity index (χ1) is 6.38. The lowest BCUT2D eigenvalue weighted by molar-refractivity contribution is 0.0991. The van der Waals surface area contributed by atoms with E-state index in [-0.39, 0.29) is 0 Å². The fourth-order valence-electron chi connectivity index (χ4n) is 3.70. The maximum absolute atomic E-state index is 5.54. The van der Waals surface area contributed by atoms with Crippen LogP contribution < -0.4 is 0 Å². The van der Waals surface area contributed by atoms with E-state index in [0.29, 0.717) is 0 Å². The van der Waals surface area contributed by atoms with Crippen molar-refractivity contribution in [3.63, 3.8) is 0 Å². The predicted molar refractivity (Wildman–Crippen MR) is 52.5 cm³/mol. The van der Waals surface area contributed by atoms with Crippen LogP contribution >= 0.6 is 0 Å². The first-order valence-corrected chi connectivity index (χ1v) is 5.68. The molecule has 5 aliphatic rings. The van der Waals surface area contributed by atoms with Gasteiger partial charge in [0.15, 0.2) is 0 Å². The summed E-state index contributed by atoms with van der Waals surface area (Å²) in [4.78, 5) is 0. The van der Waals surface area contributed by atoms with Crippen LogP contribution in [0.5, 0.6) is 0 Å². The minimum atomic E-state index is 0.872. The van der Waals surface area contributed by atoms with Crippen LogP contribution in [0, 0.1) is 17.8 Å². The second kappa shape index (κ2) is 2.84. The average molecular weight is 178 g/mol. The van der Waals surface area contributed by atoms with Crippen LogP contribution in [0.3, 0.4) is 0 Å². The molecule has 72 valence electrons. The lowest BCUT2D eigenvalue weighted by atomic mass is 9.52. The Morgan fingerprint density at radius 2 is 2.00 bits per heavy atom. The quantitative estimate of drug-likeness (QED) is 0.604. The van der Waals surface area contributed by atoms with Gasteiger partial charge in [-0.2, -0.15) is 0 Å². The molecule has 3 fully saturated rings. The monoisotopic (exact) mass is 178 g/mol. The smallest absolute Gasteiger partial charge is 0.0679 e. The molecule has 5 aliphatic carbocycles. The summed E-state index contributed by atoms with van der Waals surface area (Å²) in [6, 6.07) is 0. The SMILES string of the molecule is CCOCC1=C2C3CC(C1)CC2C3. The summed E-state index contributed by atoms with van der Waals surface area (Å²) in [7, 11) is 0. The Kier molecular flexibility index (Phi) is 1.76. The lowest BCUT2D eigenvalue weighted by Crippen LogP contribution is -2.42. The maximum Gasteiger partial charge on any atom is 0.0679 e. The minimum absolute atomic E-state index is 0.872. The van der Waals surface area contributed by atoms with Crippen molar-refractivity contribution in [1.82, 2.24) is 0 Å². The molecule has 3 saturated carbocycles. The van der Waals surface area contributed by atoms with Crippen molar-refractivity contribution in [2.45, 2.75) is 32.6 Å². The fraction of sp³-hybridized carbons (Fsp3) is 0.833. The highest BCUT2D eigenvalue weighted by atomic mass is 16.5. The van der Waals surface area contributed by atoms with Gasteiger partial charge in [-0.15, -0.1) is 0 Å². The molecule has 0 spiro atoms. The van der Waals surface area contributed by atoms with Crippen LogP contribution in [0.1, 0.15) is 32.6 Å². The van der Waals surface area contributed by atoms with E-state index in [0.717, 1.165) is 31.0 Å². The third-order valence-electron chi connectivity index (χ3n) is 4.11. The van der Waals surface area contributed by atoms with Gasteiger partial charge >= 0.3 is 0 Å². The van der Waals surface area contributed by atoms with Gasteiger partial charge < -0.3 is 4.74 Å². The highest BCUT2D eigenvalue weighted by Crippen LogP contribution is 2.59. The number of ether oxygens (including phenoxy) is 1. The molecule has 13 heavy (non-hydrogen) atoms. The summed E-state index contributed by atoms with van der Waals surface area (Å²) in [5.41, 5.74) is 3.52. The summed E-state index contributed by atoms with van der Waals surface area (Å²) in [5, 5.41) is 0. The Bertz CT molecular complexity index is 240. The zero-order chi connectivity index (χ0) is 8.84. The molecular weight excluding hydrogens is 160 g/mol. The molecule has 2 unspecified atom stereocenters. The van der Waals surface area contributed by atoms with Crippen LogP contribution in [-0.2, 0) is 4.74 Å². The minimum Gasteiger partial charge on any atom is -0.377 e. The molecule has 0 N–H and O–H groups in total. The van der Waals surface area contributed by atoms with Crippen molar-refractivity contribution in [3.05, 3.63) is 11.1 Å². The standard InChI is InChI=1S/C12H18O/c1-2-13-7-11-5-8-3-9-6-10(4-8)12(9)11/h8-10H,2-7H2,1H3. The fourth-order valence-corrected chi connectivity index (χ4v) is 3.70. The number of allylic oxidation sites excluding steroid dienone is 1. The molecule has 1 nitrogen and oxygen atoms in total. The summed E-state index contributed by atoms with van der Waals surface area (Å²) in [5.74, 6) is 3.01.